The molecule has 0 aliphatic rings. The highest BCUT2D eigenvalue weighted by Gasteiger charge is 2.57. The molecule has 1 atom stereocenters. The van der Waals surface area contributed by atoms with Gasteiger partial charge in [-0.2, -0.15) is 0 Å². The maximum absolute atomic E-state index is 6.79. The first kappa shape index (κ1) is 24.0. The maximum Gasteiger partial charge on any atom is 0.208 e. The standard InChI is InChI=1S/C18H45OPSi3/c1-10-18-21(9,19-11-2)20(22(12-3,13-4)14-5)23(15-6,16-7)17-8/h10-18H2,1-9H3. The van der Waals surface area contributed by atoms with Gasteiger partial charge in [0.2, 0.25) is 7.98 Å². The average molecular weight is 393 g/mol. The van der Waals surface area contributed by atoms with Gasteiger partial charge in [-0.1, -0.05) is 91.2 Å². The first-order valence-electron chi connectivity index (χ1n) is 10.3. The Balaban J connectivity index is 6.36. The summed E-state index contributed by atoms with van der Waals surface area (Å²) in [5.41, 5.74) is 0. The lowest BCUT2D eigenvalue weighted by molar-refractivity contribution is 0.339. The van der Waals surface area contributed by atoms with Crippen molar-refractivity contribution in [1.29, 1.82) is 0 Å². The van der Waals surface area contributed by atoms with E-state index in [1.807, 2.05) is 0 Å². The molecule has 0 aromatic carbocycles. The largest absolute Gasteiger partial charge is 0.414 e. The molecule has 0 aromatic rings. The number of hydrogen-bond acceptors (Lipinski definition) is 1. The summed E-state index contributed by atoms with van der Waals surface area (Å²) in [6, 6.07) is 10.4. The van der Waals surface area contributed by atoms with Gasteiger partial charge < -0.3 is 4.43 Å². The van der Waals surface area contributed by atoms with Crippen LogP contribution in [-0.2, 0) is 4.43 Å². The number of rotatable bonds is 13. The van der Waals surface area contributed by atoms with Crippen LogP contribution >= 0.6 is 6.57 Å². The highest BCUT2D eigenvalue weighted by Crippen LogP contribution is 2.69. The van der Waals surface area contributed by atoms with Crippen molar-refractivity contribution in [3.63, 3.8) is 0 Å². The maximum atomic E-state index is 6.79. The van der Waals surface area contributed by atoms with Gasteiger partial charge in [0.1, 0.15) is 0 Å². The molecule has 0 heterocycles. The zero-order valence-corrected chi connectivity index (χ0v) is 21.6. The molecule has 0 saturated heterocycles. The molecule has 1 unspecified atom stereocenters. The second-order valence-corrected chi connectivity index (χ2v) is 36.8. The van der Waals surface area contributed by atoms with Gasteiger partial charge >= 0.3 is 0 Å². The lowest BCUT2D eigenvalue weighted by Gasteiger charge is -2.55. The molecule has 0 aromatic heterocycles. The third kappa shape index (κ3) is 5.03. The third-order valence-corrected chi connectivity index (χ3v) is 60.5. The second kappa shape index (κ2) is 10.9. The molecule has 0 amide bonds. The second-order valence-electron chi connectivity index (χ2n) is 7.26. The van der Waals surface area contributed by atoms with E-state index in [0.717, 1.165) is 6.61 Å². The Hall–Kier alpha value is 1.04. The van der Waals surface area contributed by atoms with Crippen LogP contribution in [0.3, 0.4) is 0 Å². The van der Waals surface area contributed by atoms with E-state index in [1.54, 1.807) is 0 Å². The smallest absolute Gasteiger partial charge is 0.208 e. The van der Waals surface area contributed by atoms with Crippen LogP contribution in [0.2, 0.25) is 48.9 Å². The molecule has 0 spiro atoms. The minimum atomic E-state index is -1.59. The molecule has 0 aliphatic carbocycles. The summed E-state index contributed by atoms with van der Waals surface area (Å²) in [7, 11) is -3.97. The molecule has 0 aliphatic heterocycles. The monoisotopic (exact) mass is 392 g/mol. The first-order valence-corrected chi connectivity index (χ1v) is 22.0. The normalized spacial score (nSPS) is 15.9. The summed E-state index contributed by atoms with van der Waals surface area (Å²) in [5, 5.41) is 0. The highest BCUT2D eigenvalue weighted by atomic mass is 31.8. The van der Waals surface area contributed by atoms with Crippen molar-refractivity contribution in [2.45, 2.75) is 111 Å². The molecule has 0 bridgehead atoms. The van der Waals surface area contributed by atoms with Crippen molar-refractivity contribution in [1.82, 2.24) is 0 Å². The summed E-state index contributed by atoms with van der Waals surface area (Å²) >= 11 is 0. The summed E-state index contributed by atoms with van der Waals surface area (Å²) in [6.45, 7) is 23.6. The van der Waals surface area contributed by atoms with Crippen LogP contribution < -0.4 is 0 Å². The summed E-state index contributed by atoms with van der Waals surface area (Å²) < 4.78 is 6.79. The Morgan fingerprint density at radius 1 is 0.652 bits per heavy atom. The fourth-order valence-corrected chi connectivity index (χ4v) is 79.2. The van der Waals surface area contributed by atoms with Crippen molar-refractivity contribution in [3.05, 3.63) is 0 Å². The van der Waals surface area contributed by atoms with Crippen molar-refractivity contribution >= 4 is 30.0 Å². The van der Waals surface area contributed by atoms with Gasteiger partial charge in [-0.15, -0.1) is 6.57 Å². The van der Waals surface area contributed by atoms with Crippen molar-refractivity contribution < 1.29 is 4.43 Å². The fourth-order valence-electron chi connectivity index (χ4n) is 4.98. The molecule has 5 heteroatoms. The lowest BCUT2D eigenvalue weighted by Crippen LogP contribution is -2.54. The zero-order chi connectivity index (χ0) is 18.1. The van der Waals surface area contributed by atoms with E-state index >= 15 is 0 Å². The van der Waals surface area contributed by atoms with E-state index < -0.39 is 23.5 Å². The predicted molar refractivity (Wildman–Crippen MR) is 120 cm³/mol. The Labute approximate surface area is 151 Å². The van der Waals surface area contributed by atoms with Gasteiger partial charge in [-0.05, 0) is 19.5 Å². The van der Waals surface area contributed by atoms with Crippen LogP contribution in [0, 0.1) is 0 Å². The van der Waals surface area contributed by atoms with Crippen LogP contribution in [0.5, 0.6) is 0 Å². The van der Waals surface area contributed by atoms with Crippen molar-refractivity contribution in [2.24, 2.45) is 0 Å². The Morgan fingerprint density at radius 3 is 1.22 bits per heavy atom. The van der Waals surface area contributed by atoms with Crippen LogP contribution in [-0.4, -0.2) is 30.1 Å². The first-order chi connectivity index (χ1) is 10.9. The fraction of sp³-hybridized carbons (Fsp3) is 1.00. The van der Waals surface area contributed by atoms with E-state index in [4.69, 9.17) is 4.43 Å². The molecule has 0 N–H and O–H groups in total. The quantitative estimate of drug-likeness (QED) is 0.228. The van der Waals surface area contributed by atoms with Crippen LogP contribution in [0.15, 0.2) is 0 Å². The number of hydrogen-bond donors (Lipinski definition) is 0. The minimum absolute atomic E-state index is 0.181. The lowest BCUT2D eigenvalue weighted by atomic mass is 10.6. The van der Waals surface area contributed by atoms with E-state index in [2.05, 4.69) is 61.9 Å². The van der Waals surface area contributed by atoms with Crippen molar-refractivity contribution in [2.75, 3.05) is 6.61 Å². The third-order valence-electron chi connectivity index (χ3n) is 6.54. The predicted octanol–water partition coefficient (Wildman–Crippen LogP) is 8.00. The topological polar surface area (TPSA) is 9.23 Å². The van der Waals surface area contributed by atoms with Gasteiger partial charge in [0.05, 0.1) is 15.5 Å². The van der Waals surface area contributed by atoms with Crippen LogP contribution in [0.4, 0.5) is 0 Å². The van der Waals surface area contributed by atoms with Crippen LogP contribution in [0.1, 0.15) is 61.8 Å². The van der Waals surface area contributed by atoms with E-state index in [0.29, 0.717) is 0 Å². The van der Waals surface area contributed by atoms with Crippen LogP contribution in [0.25, 0.3) is 0 Å². The molecule has 0 rings (SSSR count). The SMILES string of the molecule is CCC[Si](C)(OCC)P([Si](CC)(CC)CC)[Si](CC)(CC)CC. The van der Waals surface area contributed by atoms with Crippen molar-refractivity contribution in [3.8, 4) is 0 Å². The zero-order valence-electron chi connectivity index (χ0n) is 17.7. The van der Waals surface area contributed by atoms with Gasteiger partial charge in [-0.25, -0.2) is 0 Å². The molecular formula is C18H45OPSi3. The molecule has 0 radical (unpaired) electrons. The molecule has 140 valence electrons. The van der Waals surface area contributed by atoms with E-state index in [9.17, 15) is 0 Å². The molecular weight excluding hydrogens is 347 g/mol. The average Bonchev–Trinajstić information content (AvgIpc) is 2.57. The molecule has 0 saturated carbocycles. The summed E-state index contributed by atoms with van der Waals surface area (Å²) in [5.74, 6) is 0. The summed E-state index contributed by atoms with van der Waals surface area (Å²) in [6.07, 6.45) is 1.32. The Bertz CT molecular complexity index is 275. The van der Waals surface area contributed by atoms with Gasteiger partial charge in [0, 0.05) is 6.61 Å². The molecule has 1 nitrogen and oxygen atoms in total. The Morgan fingerprint density at radius 2 is 1.00 bits per heavy atom. The minimum Gasteiger partial charge on any atom is -0.414 e. The van der Waals surface area contributed by atoms with Gasteiger partial charge in [-0.3, -0.25) is 0 Å². The van der Waals surface area contributed by atoms with Gasteiger partial charge in [0.15, 0.2) is 0 Å². The molecule has 0 fully saturated rings. The Kier molecular flexibility index (Phi) is 11.4. The molecule has 23 heavy (non-hydrogen) atoms. The highest BCUT2D eigenvalue weighted by molar-refractivity contribution is 8.37. The van der Waals surface area contributed by atoms with Gasteiger partial charge in [0.25, 0.3) is 0 Å². The van der Waals surface area contributed by atoms with E-state index in [1.165, 1.54) is 48.7 Å². The van der Waals surface area contributed by atoms with E-state index in [-0.39, 0.29) is 6.57 Å². The summed E-state index contributed by atoms with van der Waals surface area (Å²) in [4.78, 5) is 0.